The van der Waals surface area contributed by atoms with E-state index in [9.17, 15) is 0 Å². The van der Waals surface area contributed by atoms with Crippen molar-refractivity contribution >= 4 is 17.7 Å². The zero-order chi connectivity index (χ0) is 16.1. The van der Waals surface area contributed by atoms with Gasteiger partial charge in [0.25, 0.3) is 0 Å². The minimum atomic E-state index is 0.329. The van der Waals surface area contributed by atoms with Crippen LogP contribution in [-0.4, -0.2) is 55.3 Å². The van der Waals surface area contributed by atoms with Gasteiger partial charge in [0.1, 0.15) is 0 Å². The van der Waals surface area contributed by atoms with Gasteiger partial charge in [0.15, 0.2) is 17.5 Å². The zero-order valence-corrected chi connectivity index (χ0v) is 14.7. The molecule has 1 unspecified atom stereocenters. The molecule has 126 valence electrons. The molecule has 1 aromatic carbocycles. The number of guanidine groups is 1. The fourth-order valence-corrected chi connectivity index (χ4v) is 4.09. The van der Waals surface area contributed by atoms with Gasteiger partial charge in [0.05, 0.1) is 0 Å². The SMILES string of the molecule is CCC1CN(C(=NC)NCCc2ccc3c(c2)OCO3)CCS1. The Morgan fingerprint density at radius 3 is 3.09 bits per heavy atom. The van der Waals surface area contributed by atoms with Crippen molar-refractivity contribution in [2.45, 2.75) is 25.0 Å². The number of ether oxygens (including phenoxy) is 2. The molecule has 3 rings (SSSR count). The number of benzene rings is 1. The summed E-state index contributed by atoms with van der Waals surface area (Å²) in [5, 5.41) is 4.21. The van der Waals surface area contributed by atoms with Crippen LogP contribution in [0.3, 0.4) is 0 Å². The van der Waals surface area contributed by atoms with Gasteiger partial charge < -0.3 is 19.7 Å². The fourth-order valence-electron chi connectivity index (χ4n) is 2.91. The number of nitrogens with one attached hydrogen (secondary N) is 1. The normalized spacial score (nSPS) is 20.7. The van der Waals surface area contributed by atoms with Crippen molar-refractivity contribution < 1.29 is 9.47 Å². The van der Waals surface area contributed by atoms with Gasteiger partial charge in [-0.25, -0.2) is 0 Å². The lowest BCUT2D eigenvalue weighted by atomic mass is 10.1. The van der Waals surface area contributed by atoms with Crippen molar-refractivity contribution in [3.63, 3.8) is 0 Å². The van der Waals surface area contributed by atoms with Crippen molar-refractivity contribution in [1.82, 2.24) is 10.2 Å². The highest BCUT2D eigenvalue weighted by atomic mass is 32.2. The Morgan fingerprint density at radius 2 is 2.26 bits per heavy atom. The van der Waals surface area contributed by atoms with Gasteiger partial charge in [-0.05, 0) is 30.5 Å². The van der Waals surface area contributed by atoms with Crippen LogP contribution in [-0.2, 0) is 6.42 Å². The van der Waals surface area contributed by atoms with E-state index >= 15 is 0 Å². The smallest absolute Gasteiger partial charge is 0.231 e. The Bertz CT molecular complexity index is 565. The summed E-state index contributed by atoms with van der Waals surface area (Å²) < 4.78 is 10.8. The summed E-state index contributed by atoms with van der Waals surface area (Å²) >= 11 is 2.08. The van der Waals surface area contributed by atoms with Crippen LogP contribution in [0.15, 0.2) is 23.2 Å². The lowest BCUT2D eigenvalue weighted by Gasteiger charge is -2.34. The maximum absolute atomic E-state index is 5.43. The lowest BCUT2D eigenvalue weighted by molar-refractivity contribution is 0.174. The molecule has 2 aliphatic rings. The second kappa shape index (κ2) is 7.81. The first-order valence-corrected chi connectivity index (χ1v) is 9.30. The topological polar surface area (TPSA) is 46.1 Å². The van der Waals surface area contributed by atoms with Crippen molar-refractivity contribution in [3.8, 4) is 11.5 Å². The standard InChI is InChI=1S/C17H25N3O2S/c1-3-14-11-20(8-9-23-14)17(18-2)19-7-6-13-4-5-15-16(10-13)22-12-21-15/h4-5,10,14H,3,6-9,11-12H2,1-2H3,(H,18,19). The third-order valence-corrected chi connectivity index (χ3v) is 5.61. The maximum atomic E-state index is 5.43. The van der Waals surface area contributed by atoms with E-state index in [1.807, 2.05) is 13.1 Å². The largest absolute Gasteiger partial charge is 0.454 e. The summed E-state index contributed by atoms with van der Waals surface area (Å²) in [6.07, 6.45) is 2.16. The molecule has 5 nitrogen and oxygen atoms in total. The molecule has 0 amide bonds. The van der Waals surface area contributed by atoms with E-state index < -0.39 is 0 Å². The molecule has 23 heavy (non-hydrogen) atoms. The molecule has 1 atom stereocenters. The van der Waals surface area contributed by atoms with Crippen LogP contribution >= 0.6 is 11.8 Å². The van der Waals surface area contributed by atoms with Gasteiger partial charge in [-0.15, -0.1) is 0 Å². The number of thioether (sulfide) groups is 1. The first-order chi connectivity index (χ1) is 11.3. The number of rotatable bonds is 4. The second-order valence-corrected chi connectivity index (χ2v) is 7.17. The van der Waals surface area contributed by atoms with Crippen molar-refractivity contribution in [2.75, 3.05) is 39.2 Å². The zero-order valence-electron chi connectivity index (χ0n) is 13.9. The maximum Gasteiger partial charge on any atom is 0.231 e. The minimum absolute atomic E-state index is 0.329. The van der Waals surface area contributed by atoms with E-state index in [1.165, 1.54) is 17.7 Å². The molecule has 0 saturated carbocycles. The Morgan fingerprint density at radius 1 is 1.39 bits per heavy atom. The molecule has 0 bridgehead atoms. The molecule has 0 radical (unpaired) electrons. The number of hydrogen-bond acceptors (Lipinski definition) is 4. The minimum Gasteiger partial charge on any atom is -0.454 e. The second-order valence-electron chi connectivity index (χ2n) is 5.76. The predicted octanol–water partition coefficient (Wildman–Crippen LogP) is 2.36. The molecule has 0 aliphatic carbocycles. The van der Waals surface area contributed by atoms with E-state index in [1.54, 1.807) is 0 Å². The van der Waals surface area contributed by atoms with Crippen LogP contribution in [0.5, 0.6) is 11.5 Å². The molecule has 0 aromatic heterocycles. The van der Waals surface area contributed by atoms with Crippen molar-refractivity contribution in [2.24, 2.45) is 4.99 Å². The van der Waals surface area contributed by atoms with E-state index in [4.69, 9.17) is 9.47 Å². The predicted molar refractivity (Wildman–Crippen MR) is 95.7 cm³/mol. The van der Waals surface area contributed by atoms with Crippen LogP contribution in [0, 0.1) is 0 Å². The Labute approximate surface area is 142 Å². The number of hydrogen-bond donors (Lipinski definition) is 1. The molecule has 0 spiro atoms. The van der Waals surface area contributed by atoms with E-state index in [0.717, 1.165) is 48.8 Å². The molecule has 1 saturated heterocycles. The highest BCUT2D eigenvalue weighted by Crippen LogP contribution is 2.32. The third-order valence-electron chi connectivity index (χ3n) is 4.24. The lowest BCUT2D eigenvalue weighted by Crippen LogP contribution is -2.48. The van der Waals surface area contributed by atoms with Crippen molar-refractivity contribution in [3.05, 3.63) is 23.8 Å². The summed E-state index contributed by atoms with van der Waals surface area (Å²) in [5.74, 6) is 3.89. The van der Waals surface area contributed by atoms with Crippen LogP contribution in [0.25, 0.3) is 0 Å². The van der Waals surface area contributed by atoms with E-state index in [-0.39, 0.29) is 0 Å². The Balaban J connectivity index is 1.50. The highest BCUT2D eigenvalue weighted by Gasteiger charge is 2.21. The van der Waals surface area contributed by atoms with Gasteiger partial charge in [-0.3, -0.25) is 4.99 Å². The molecule has 1 aromatic rings. The number of fused-ring (bicyclic) bond motifs is 1. The van der Waals surface area contributed by atoms with E-state index in [0.29, 0.717) is 6.79 Å². The average Bonchev–Trinajstić information content (AvgIpc) is 3.06. The van der Waals surface area contributed by atoms with Gasteiger partial charge >= 0.3 is 0 Å². The van der Waals surface area contributed by atoms with Gasteiger partial charge in [0.2, 0.25) is 6.79 Å². The first kappa shape index (κ1) is 16.3. The first-order valence-electron chi connectivity index (χ1n) is 8.26. The van der Waals surface area contributed by atoms with Crippen molar-refractivity contribution in [1.29, 1.82) is 0 Å². The number of nitrogens with zero attached hydrogens (tertiary/aromatic N) is 2. The molecule has 1 N–H and O–H groups in total. The van der Waals surface area contributed by atoms with Gasteiger partial charge in [0, 0.05) is 37.7 Å². The summed E-state index contributed by atoms with van der Waals surface area (Å²) in [5.41, 5.74) is 1.25. The molecule has 1 fully saturated rings. The summed E-state index contributed by atoms with van der Waals surface area (Å²) in [6.45, 7) is 5.62. The summed E-state index contributed by atoms with van der Waals surface area (Å²) in [4.78, 5) is 6.83. The molecule has 2 aliphatic heterocycles. The third kappa shape index (κ3) is 4.05. The Kier molecular flexibility index (Phi) is 5.54. The highest BCUT2D eigenvalue weighted by molar-refractivity contribution is 8.00. The number of aliphatic imine (C=N–C) groups is 1. The van der Waals surface area contributed by atoms with Crippen LogP contribution in [0.1, 0.15) is 18.9 Å². The average molecular weight is 335 g/mol. The molecular weight excluding hydrogens is 310 g/mol. The Hall–Kier alpha value is -1.56. The van der Waals surface area contributed by atoms with Crippen LogP contribution < -0.4 is 14.8 Å². The van der Waals surface area contributed by atoms with E-state index in [2.05, 4.69) is 46.0 Å². The summed E-state index contributed by atoms with van der Waals surface area (Å²) in [6, 6.07) is 6.15. The molecule has 2 heterocycles. The van der Waals surface area contributed by atoms with Gasteiger partial charge in [-0.1, -0.05) is 13.0 Å². The fraction of sp³-hybridized carbons (Fsp3) is 0.588. The molecular formula is C17H25N3O2S. The summed E-state index contributed by atoms with van der Waals surface area (Å²) in [7, 11) is 1.87. The van der Waals surface area contributed by atoms with Crippen LogP contribution in [0.4, 0.5) is 0 Å². The monoisotopic (exact) mass is 335 g/mol. The quantitative estimate of drug-likeness (QED) is 0.676. The van der Waals surface area contributed by atoms with Gasteiger partial charge in [-0.2, -0.15) is 11.8 Å². The van der Waals surface area contributed by atoms with Crippen LogP contribution in [0.2, 0.25) is 0 Å². The molecule has 6 heteroatoms.